The van der Waals surface area contributed by atoms with E-state index >= 15 is 0 Å². The maximum absolute atomic E-state index is 13.0. The highest BCUT2D eigenvalue weighted by atomic mass is 32.2. The molecule has 0 aliphatic rings. The second kappa shape index (κ2) is 12.2. The van der Waals surface area contributed by atoms with Crippen molar-refractivity contribution in [1.29, 1.82) is 0 Å². The van der Waals surface area contributed by atoms with E-state index in [1.54, 1.807) is 0 Å². The summed E-state index contributed by atoms with van der Waals surface area (Å²) in [5.74, 6) is 0.325. The number of hydrogen-bond acceptors (Lipinski definition) is 1. The number of unbranched alkanes of at least 4 members (excludes halogenated alkanes) is 6. The summed E-state index contributed by atoms with van der Waals surface area (Å²) in [6.45, 7) is 16.1. The first-order valence-corrected chi connectivity index (χ1v) is 12.4. The van der Waals surface area contributed by atoms with Gasteiger partial charge >= 0.3 is 0 Å². The minimum atomic E-state index is 0.168. The summed E-state index contributed by atoms with van der Waals surface area (Å²) in [5.41, 5.74) is 2.41. The summed E-state index contributed by atoms with van der Waals surface area (Å²) < 4.78 is 0.168. The van der Waals surface area contributed by atoms with E-state index in [1.165, 1.54) is 43.4 Å². The Morgan fingerprint density at radius 1 is 0.750 bits per heavy atom. The van der Waals surface area contributed by atoms with Gasteiger partial charge in [0.05, 0.1) is 0 Å². The first-order valence-electron chi connectivity index (χ1n) is 11.6. The third kappa shape index (κ3) is 10.2. The first-order chi connectivity index (χ1) is 13.1. The van der Waals surface area contributed by atoms with Gasteiger partial charge < -0.3 is 0 Å². The van der Waals surface area contributed by atoms with E-state index in [2.05, 4.69) is 60.6 Å². The van der Waals surface area contributed by atoms with Crippen LogP contribution in [-0.4, -0.2) is 4.75 Å². The smallest absolute Gasteiger partial charge is 0.185 e. The largest absolute Gasteiger partial charge is 0.289 e. The molecule has 0 spiro atoms. The van der Waals surface area contributed by atoms with E-state index < -0.39 is 0 Å². The van der Waals surface area contributed by atoms with Crippen molar-refractivity contribution in [2.45, 2.75) is 129 Å². The van der Waals surface area contributed by atoms with Gasteiger partial charge in [-0.15, -0.1) is 11.8 Å². The van der Waals surface area contributed by atoms with E-state index in [9.17, 15) is 5.11 Å². The standard InChI is InChI=1S/C26H45OS/c1-8-10-12-14-16-21-18-23(28-26(6,7)20-25(3,4)5)19-22(24(21)27)17-15-13-11-9-2/h18-19H,8-17,20H2,1-7H3. The van der Waals surface area contributed by atoms with Crippen molar-refractivity contribution >= 4 is 11.8 Å². The Kier molecular flexibility index (Phi) is 11.0. The van der Waals surface area contributed by atoms with Gasteiger partial charge in [0.25, 0.3) is 0 Å². The second-order valence-corrected chi connectivity index (χ2v) is 12.1. The highest BCUT2D eigenvalue weighted by Gasteiger charge is 2.27. The van der Waals surface area contributed by atoms with Crippen molar-refractivity contribution < 1.29 is 5.11 Å². The second-order valence-electron chi connectivity index (χ2n) is 10.3. The maximum Gasteiger partial charge on any atom is 0.185 e. The van der Waals surface area contributed by atoms with E-state index in [0.717, 1.165) is 43.2 Å². The molecule has 1 nitrogen and oxygen atoms in total. The fraction of sp³-hybridized carbons (Fsp3) is 0.769. The fourth-order valence-electron chi connectivity index (χ4n) is 4.27. The Labute approximate surface area is 180 Å². The third-order valence-corrected chi connectivity index (χ3v) is 6.33. The van der Waals surface area contributed by atoms with Gasteiger partial charge in [0, 0.05) is 20.8 Å². The maximum atomic E-state index is 13.0. The molecule has 1 aromatic rings. The van der Waals surface area contributed by atoms with Crippen LogP contribution in [0.4, 0.5) is 0 Å². The summed E-state index contributed by atoms with van der Waals surface area (Å²) in [6, 6.07) is 4.41. The Hall–Kier alpha value is -0.630. The number of thioether (sulfide) groups is 1. The Balaban J connectivity index is 2.99. The zero-order valence-corrected chi connectivity index (χ0v) is 20.6. The van der Waals surface area contributed by atoms with Gasteiger partial charge in [-0.2, -0.15) is 0 Å². The van der Waals surface area contributed by atoms with Crippen LogP contribution in [0.3, 0.4) is 0 Å². The lowest BCUT2D eigenvalue weighted by Crippen LogP contribution is -2.23. The highest BCUT2D eigenvalue weighted by Crippen LogP contribution is 2.43. The summed E-state index contributed by atoms with van der Waals surface area (Å²) >= 11 is 1.96. The van der Waals surface area contributed by atoms with Crippen LogP contribution >= 0.6 is 11.8 Å². The average molecular weight is 406 g/mol. The van der Waals surface area contributed by atoms with Gasteiger partial charge in [-0.25, -0.2) is 0 Å². The molecule has 0 unspecified atom stereocenters. The molecule has 1 rings (SSSR count). The Morgan fingerprint density at radius 3 is 1.61 bits per heavy atom. The summed E-state index contributed by atoms with van der Waals surface area (Å²) in [4.78, 5) is 1.30. The quantitative estimate of drug-likeness (QED) is 0.236. The molecule has 2 heteroatoms. The lowest BCUT2D eigenvalue weighted by Gasteiger charge is -2.32. The van der Waals surface area contributed by atoms with Gasteiger partial charge in [-0.05, 0) is 49.7 Å². The summed E-state index contributed by atoms with van der Waals surface area (Å²) in [6.07, 6.45) is 12.8. The zero-order valence-electron chi connectivity index (χ0n) is 19.7. The first kappa shape index (κ1) is 25.4. The molecule has 1 radical (unpaired) electrons. The van der Waals surface area contributed by atoms with Crippen molar-refractivity contribution in [3.05, 3.63) is 23.3 Å². The summed E-state index contributed by atoms with van der Waals surface area (Å²) in [5, 5.41) is 13.0. The average Bonchev–Trinajstić information content (AvgIpc) is 2.56. The molecule has 0 saturated carbocycles. The third-order valence-electron chi connectivity index (χ3n) is 5.17. The van der Waals surface area contributed by atoms with Crippen molar-refractivity contribution in [2.24, 2.45) is 5.41 Å². The molecule has 0 fully saturated rings. The van der Waals surface area contributed by atoms with Crippen LogP contribution in [0.15, 0.2) is 17.0 Å². The molecule has 0 aliphatic carbocycles. The van der Waals surface area contributed by atoms with Crippen molar-refractivity contribution in [2.75, 3.05) is 0 Å². The van der Waals surface area contributed by atoms with Gasteiger partial charge in [-0.1, -0.05) is 87.0 Å². The molecule has 0 heterocycles. The molecule has 0 aliphatic heterocycles. The van der Waals surface area contributed by atoms with Crippen LogP contribution < -0.4 is 0 Å². The topological polar surface area (TPSA) is 19.9 Å². The zero-order chi connectivity index (χ0) is 21.2. The predicted molar refractivity (Wildman–Crippen MR) is 126 cm³/mol. The van der Waals surface area contributed by atoms with E-state index in [1.807, 2.05) is 11.8 Å². The molecule has 0 saturated heterocycles. The minimum Gasteiger partial charge on any atom is -0.289 e. The molecule has 161 valence electrons. The minimum absolute atomic E-state index is 0.168. The van der Waals surface area contributed by atoms with Gasteiger partial charge in [-0.3, -0.25) is 5.11 Å². The number of aryl methyl sites for hydroxylation is 2. The lowest BCUT2D eigenvalue weighted by molar-refractivity contribution is 0.338. The van der Waals surface area contributed by atoms with Gasteiger partial charge in [0.15, 0.2) is 5.75 Å². The predicted octanol–water partition coefficient (Wildman–Crippen LogP) is 9.38. The Bertz CT molecular complexity index is 535. The molecule has 0 atom stereocenters. The van der Waals surface area contributed by atoms with Crippen molar-refractivity contribution in [3.63, 3.8) is 0 Å². The van der Waals surface area contributed by atoms with Crippen LogP contribution in [-0.2, 0) is 17.9 Å². The molecular weight excluding hydrogens is 360 g/mol. The van der Waals surface area contributed by atoms with E-state index in [0.29, 0.717) is 11.2 Å². The number of benzene rings is 1. The highest BCUT2D eigenvalue weighted by molar-refractivity contribution is 8.00. The fourth-order valence-corrected chi connectivity index (χ4v) is 5.82. The van der Waals surface area contributed by atoms with Gasteiger partial charge in [0.2, 0.25) is 0 Å². The van der Waals surface area contributed by atoms with Crippen molar-refractivity contribution in [3.8, 4) is 5.75 Å². The molecule has 1 aromatic carbocycles. The molecule has 0 aromatic heterocycles. The molecule has 0 N–H and O–H groups in total. The SMILES string of the molecule is CCCCCCc1cc(SC(C)(C)CC(C)(C)C)cc(CCCCCC)c1[O]. The molecule has 28 heavy (non-hydrogen) atoms. The van der Waals surface area contributed by atoms with Crippen LogP contribution in [0.5, 0.6) is 5.75 Å². The van der Waals surface area contributed by atoms with Crippen LogP contribution in [0, 0.1) is 5.41 Å². The molecule has 0 amide bonds. The molecule has 0 bridgehead atoms. The van der Waals surface area contributed by atoms with Crippen LogP contribution in [0.25, 0.3) is 0 Å². The lowest BCUT2D eigenvalue weighted by atomic mass is 9.86. The number of hydrogen-bond donors (Lipinski definition) is 0. The van der Waals surface area contributed by atoms with E-state index in [-0.39, 0.29) is 4.75 Å². The van der Waals surface area contributed by atoms with Crippen LogP contribution in [0.2, 0.25) is 0 Å². The van der Waals surface area contributed by atoms with Crippen LogP contribution in [0.1, 0.15) is 117 Å². The van der Waals surface area contributed by atoms with E-state index in [4.69, 9.17) is 0 Å². The summed E-state index contributed by atoms with van der Waals surface area (Å²) in [7, 11) is 0. The number of rotatable bonds is 13. The normalized spacial score (nSPS) is 12.5. The Morgan fingerprint density at radius 2 is 1.21 bits per heavy atom. The monoisotopic (exact) mass is 405 g/mol. The van der Waals surface area contributed by atoms with Gasteiger partial charge in [0.1, 0.15) is 0 Å². The molecular formula is C26H45OS. The van der Waals surface area contributed by atoms with Crippen molar-refractivity contribution in [1.82, 2.24) is 0 Å².